The van der Waals surface area contributed by atoms with Crippen LogP contribution in [-0.2, 0) is 14.2 Å². The molecule has 0 saturated carbocycles. The van der Waals surface area contributed by atoms with Crippen LogP contribution >= 0.6 is 0 Å². The lowest BCUT2D eigenvalue weighted by atomic mass is 10.0. The fourth-order valence-corrected chi connectivity index (χ4v) is 3.19. The molecule has 0 heterocycles. The number of rotatable bonds is 24. The summed E-state index contributed by atoms with van der Waals surface area (Å²) >= 11 is 0. The Morgan fingerprint density at radius 3 is 1.21 bits per heavy atom. The highest BCUT2D eigenvalue weighted by atomic mass is 16.5. The van der Waals surface area contributed by atoms with Crippen LogP contribution in [0.2, 0.25) is 0 Å². The highest BCUT2D eigenvalue weighted by Crippen LogP contribution is 2.12. The smallest absolute Gasteiger partial charge is 0.0701 e. The lowest BCUT2D eigenvalue weighted by Crippen LogP contribution is -2.19. The summed E-state index contributed by atoms with van der Waals surface area (Å²) in [5.74, 6) is 0. The van der Waals surface area contributed by atoms with E-state index in [1.54, 1.807) is 0 Å². The van der Waals surface area contributed by atoms with Gasteiger partial charge in [0.15, 0.2) is 0 Å². The first-order valence-electron chi connectivity index (χ1n) is 12.1. The van der Waals surface area contributed by atoms with E-state index in [0.29, 0.717) is 26.4 Å². The topological polar surface area (TPSA) is 30.9 Å². The Hall–Kier alpha value is -0.160. The second-order valence-corrected chi connectivity index (χ2v) is 8.24. The lowest BCUT2D eigenvalue weighted by molar-refractivity contribution is 0.0117. The van der Waals surface area contributed by atoms with Crippen molar-refractivity contribution in [1.82, 2.24) is 4.90 Å². The number of unbranched alkanes of at least 4 members (excludes halogenated alkanes) is 13. The van der Waals surface area contributed by atoms with E-state index in [4.69, 9.17) is 14.2 Å². The molecule has 0 unspecified atom stereocenters. The second kappa shape index (κ2) is 24.9. The summed E-state index contributed by atoms with van der Waals surface area (Å²) in [6, 6.07) is 0. The molecular formula is C24H51NO3. The third kappa shape index (κ3) is 25.8. The van der Waals surface area contributed by atoms with Crippen LogP contribution in [0, 0.1) is 0 Å². The zero-order valence-corrected chi connectivity index (χ0v) is 19.5. The SMILES string of the molecule is CCCCCCCCCCCCCCCCOCCOCCOCCN(C)C. The van der Waals surface area contributed by atoms with E-state index in [1.165, 1.54) is 89.9 Å². The van der Waals surface area contributed by atoms with Crippen LogP contribution in [-0.4, -0.2) is 65.2 Å². The van der Waals surface area contributed by atoms with Crippen molar-refractivity contribution in [3.8, 4) is 0 Å². The Morgan fingerprint density at radius 2 is 0.786 bits per heavy atom. The van der Waals surface area contributed by atoms with E-state index >= 15 is 0 Å². The zero-order valence-electron chi connectivity index (χ0n) is 19.5. The van der Waals surface area contributed by atoms with E-state index in [1.807, 2.05) is 0 Å². The van der Waals surface area contributed by atoms with Gasteiger partial charge in [-0.2, -0.15) is 0 Å². The summed E-state index contributed by atoms with van der Waals surface area (Å²) in [6.45, 7) is 7.61. The Bertz CT molecular complexity index is 275. The molecule has 0 aromatic rings. The monoisotopic (exact) mass is 401 g/mol. The van der Waals surface area contributed by atoms with Crippen LogP contribution in [0.15, 0.2) is 0 Å². The van der Waals surface area contributed by atoms with Crippen LogP contribution in [0.25, 0.3) is 0 Å². The minimum atomic E-state index is 0.662. The Kier molecular flexibility index (Phi) is 24.7. The molecule has 170 valence electrons. The van der Waals surface area contributed by atoms with Crippen LogP contribution in [0.4, 0.5) is 0 Å². The van der Waals surface area contributed by atoms with Gasteiger partial charge >= 0.3 is 0 Å². The third-order valence-electron chi connectivity index (χ3n) is 5.07. The molecule has 0 N–H and O–H groups in total. The van der Waals surface area contributed by atoms with Gasteiger partial charge < -0.3 is 19.1 Å². The van der Waals surface area contributed by atoms with Crippen molar-refractivity contribution in [2.45, 2.75) is 96.8 Å². The van der Waals surface area contributed by atoms with Crippen molar-refractivity contribution in [1.29, 1.82) is 0 Å². The van der Waals surface area contributed by atoms with Gasteiger partial charge in [0, 0.05) is 13.2 Å². The molecule has 0 aromatic heterocycles. The molecule has 0 aliphatic carbocycles. The average molecular weight is 402 g/mol. The predicted molar refractivity (Wildman–Crippen MR) is 121 cm³/mol. The fourth-order valence-electron chi connectivity index (χ4n) is 3.19. The van der Waals surface area contributed by atoms with Gasteiger partial charge in [0.1, 0.15) is 0 Å². The Morgan fingerprint density at radius 1 is 0.429 bits per heavy atom. The molecule has 28 heavy (non-hydrogen) atoms. The third-order valence-corrected chi connectivity index (χ3v) is 5.07. The van der Waals surface area contributed by atoms with E-state index < -0.39 is 0 Å². The van der Waals surface area contributed by atoms with Gasteiger partial charge in [-0.05, 0) is 20.5 Å². The first kappa shape index (κ1) is 27.8. The summed E-state index contributed by atoms with van der Waals surface area (Å²) in [5.41, 5.74) is 0. The lowest BCUT2D eigenvalue weighted by Gasteiger charge is -2.10. The minimum Gasteiger partial charge on any atom is -0.379 e. The van der Waals surface area contributed by atoms with Gasteiger partial charge in [0.2, 0.25) is 0 Å². The van der Waals surface area contributed by atoms with Gasteiger partial charge in [0.05, 0.1) is 33.0 Å². The van der Waals surface area contributed by atoms with Crippen LogP contribution in [0.5, 0.6) is 0 Å². The van der Waals surface area contributed by atoms with Crippen molar-refractivity contribution < 1.29 is 14.2 Å². The maximum Gasteiger partial charge on any atom is 0.0701 e. The summed E-state index contributed by atoms with van der Waals surface area (Å²) in [6.07, 6.45) is 19.6. The molecule has 0 spiro atoms. The summed E-state index contributed by atoms with van der Waals surface area (Å²) in [7, 11) is 4.10. The summed E-state index contributed by atoms with van der Waals surface area (Å²) in [5, 5.41) is 0. The van der Waals surface area contributed by atoms with E-state index in [2.05, 4.69) is 25.9 Å². The molecule has 0 bridgehead atoms. The molecular weight excluding hydrogens is 350 g/mol. The fraction of sp³-hybridized carbons (Fsp3) is 1.00. The number of hydrogen-bond donors (Lipinski definition) is 0. The first-order valence-corrected chi connectivity index (χ1v) is 12.1. The van der Waals surface area contributed by atoms with Crippen molar-refractivity contribution in [3.05, 3.63) is 0 Å². The van der Waals surface area contributed by atoms with Gasteiger partial charge in [-0.15, -0.1) is 0 Å². The molecule has 0 aliphatic heterocycles. The van der Waals surface area contributed by atoms with E-state index in [0.717, 1.165) is 19.8 Å². The number of hydrogen-bond acceptors (Lipinski definition) is 4. The number of nitrogens with zero attached hydrogens (tertiary/aromatic N) is 1. The highest BCUT2D eigenvalue weighted by Gasteiger charge is 1.95. The molecule has 0 aromatic carbocycles. The van der Waals surface area contributed by atoms with Crippen molar-refractivity contribution in [3.63, 3.8) is 0 Å². The van der Waals surface area contributed by atoms with Crippen LogP contribution < -0.4 is 0 Å². The second-order valence-electron chi connectivity index (χ2n) is 8.24. The Balaban J connectivity index is 2.98. The van der Waals surface area contributed by atoms with Crippen molar-refractivity contribution >= 4 is 0 Å². The molecule has 0 saturated heterocycles. The Labute approximate surface area is 176 Å². The molecule has 4 heteroatoms. The zero-order chi connectivity index (χ0) is 20.5. The number of likely N-dealkylation sites (N-methyl/N-ethyl adjacent to an activating group) is 1. The number of ether oxygens (including phenoxy) is 3. The molecule has 0 atom stereocenters. The van der Waals surface area contributed by atoms with Gasteiger partial charge in [-0.3, -0.25) is 0 Å². The van der Waals surface area contributed by atoms with Crippen LogP contribution in [0.1, 0.15) is 96.8 Å². The quantitative estimate of drug-likeness (QED) is 0.183. The highest BCUT2D eigenvalue weighted by molar-refractivity contribution is 4.49. The first-order chi connectivity index (χ1) is 13.8. The summed E-state index contributed by atoms with van der Waals surface area (Å²) in [4.78, 5) is 2.12. The van der Waals surface area contributed by atoms with Crippen LogP contribution in [0.3, 0.4) is 0 Å². The molecule has 0 aliphatic rings. The molecule has 0 amide bonds. The normalized spacial score (nSPS) is 11.6. The van der Waals surface area contributed by atoms with E-state index in [-0.39, 0.29) is 0 Å². The van der Waals surface area contributed by atoms with Crippen molar-refractivity contribution in [2.75, 3.05) is 60.3 Å². The maximum absolute atomic E-state index is 5.63. The molecule has 0 radical (unpaired) electrons. The molecule has 0 rings (SSSR count). The van der Waals surface area contributed by atoms with Crippen molar-refractivity contribution in [2.24, 2.45) is 0 Å². The van der Waals surface area contributed by atoms with Gasteiger partial charge in [-0.1, -0.05) is 90.4 Å². The maximum atomic E-state index is 5.63. The largest absolute Gasteiger partial charge is 0.379 e. The predicted octanol–water partition coefficient (Wildman–Crippen LogP) is 6.08. The average Bonchev–Trinajstić information content (AvgIpc) is 2.68. The van der Waals surface area contributed by atoms with Gasteiger partial charge in [-0.25, -0.2) is 0 Å². The molecule has 4 nitrogen and oxygen atoms in total. The van der Waals surface area contributed by atoms with E-state index in [9.17, 15) is 0 Å². The minimum absolute atomic E-state index is 0.662. The molecule has 0 fully saturated rings. The summed E-state index contributed by atoms with van der Waals surface area (Å²) < 4.78 is 16.6. The standard InChI is InChI=1S/C24H51NO3/c1-4-5-6-7-8-9-10-11-12-13-14-15-16-17-19-26-21-23-28-24-22-27-20-18-25(2)3/h4-24H2,1-3H3. The van der Waals surface area contributed by atoms with Gasteiger partial charge in [0.25, 0.3) is 0 Å².